The zero-order valence-electron chi connectivity index (χ0n) is 17.8. The quantitative estimate of drug-likeness (QED) is 0.216. The lowest BCUT2D eigenvalue weighted by molar-refractivity contribution is 0.129. The van der Waals surface area contributed by atoms with Gasteiger partial charge in [-0.05, 0) is 44.1 Å². The molecule has 0 radical (unpaired) electrons. The van der Waals surface area contributed by atoms with E-state index in [-0.39, 0.29) is 24.0 Å². The van der Waals surface area contributed by atoms with Gasteiger partial charge in [-0.15, -0.1) is 24.0 Å². The number of hydrogen-bond donors (Lipinski definition) is 2. The zero-order chi connectivity index (χ0) is 19.8. The second kappa shape index (κ2) is 11.5. The molecule has 0 atom stereocenters. The van der Waals surface area contributed by atoms with E-state index in [2.05, 4.69) is 46.3 Å². The van der Waals surface area contributed by atoms with E-state index in [4.69, 9.17) is 9.73 Å². The number of ether oxygens (including phenoxy) is 1. The van der Waals surface area contributed by atoms with Gasteiger partial charge in [-0.1, -0.05) is 30.3 Å². The molecule has 2 N–H and O–H groups in total. The first-order valence-corrected chi connectivity index (χ1v) is 10.3. The number of aromatic amines is 1. The van der Waals surface area contributed by atoms with Crippen LogP contribution in [0.5, 0.6) is 0 Å². The molecule has 0 saturated heterocycles. The fourth-order valence-electron chi connectivity index (χ4n) is 3.32. The summed E-state index contributed by atoms with van der Waals surface area (Å²) in [6, 6.07) is 10.3. The van der Waals surface area contributed by atoms with Crippen molar-refractivity contribution in [3.05, 3.63) is 42.4 Å². The minimum absolute atomic E-state index is 0. The summed E-state index contributed by atoms with van der Waals surface area (Å²) in [6.07, 6.45) is 5.51. The Morgan fingerprint density at radius 2 is 2.03 bits per heavy atom. The van der Waals surface area contributed by atoms with Crippen molar-refractivity contribution in [1.82, 2.24) is 20.2 Å². The number of nitrogens with zero attached hydrogens (tertiary/aromatic N) is 3. The molecule has 1 saturated carbocycles. The fourth-order valence-corrected chi connectivity index (χ4v) is 3.32. The van der Waals surface area contributed by atoms with Gasteiger partial charge in [0.15, 0.2) is 5.96 Å². The third-order valence-corrected chi connectivity index (χ3v) is 5.30. The van der Waals surface area contributed by atoms with Crippen LogP contribution in [0.1, 0.15) is 38.9 Å². The molecule has 2 aromatic rings. The van der Waals surface area contributed by atoms with Gasteiger partial charge in [0.25, 0.3) is 0 Å². The van der Waals surface area contributed by atoms with E-state index < -0.39 is 0 Å². The van der Waals surface area contributed by atoms with E-state index in [1.54, 1.807) is 0 Å². The minimum Gasteiger partial charge on any atom is -0.382 e. The van der Waals surface area contributed by atoms with Crippen molar-refractivity contribution in [2.45, 2.75) is 39.7 Å². The number of aromatic nitrogens is 2. The van der Waals surface area contributed by atoms with Crippen LogP contribution in [0.25, 0.3) is 11.3 Å². The van der Waals surface area contributed by atoms with Crippen LogP contribution in [0, 0.1) is 5.41 Å². The minimum atomic E-state index is 0. The second-order valence-corrected chi connectivity index (χ2v) is 7.58. The number of hydrogen-bond acceptors (Lipinski definition) is 3. The van der Waals surface area contributed by atoms with E-state index in [1.807, 2.05) is 31.3 Å². The molecule has 29 heavy (non-hydrogen) atoms. The Hall–Kier alpha value is -1.61. The second-order valence-electron chi connectivity index (χ2n) is 7.58. The molecule has 6 nitrogen and oxygen atoms in total. The highest BCUT2D eigenvalue weighted by Gasteiger charge is 2.42. The summed E-state index contributed by atoms with van der Waals surface area (Å²) in [4.78, 5) is 15.0. The van der Waals surface area contributed by atoms with Gasteiger partial charge < -0.3 is 19.9 Å². The van der Waals surface area contributed by atoms with Gasteiger partial charge in [0.2, 0.25) is 0 Å². The Kier molecular flexibility index (Phi) is 9.42. The average Bonchev–Trinajstić information content (AvgIpc) is 3.33. The predicted octanol–water partition coefficient (Wildman–Crippen LogP) is 4.30. The monoisotopic (exact) mass is 511 g/mol. The normalized spacial score (nSPS) is 14.9. The lowest BCUT2D eigenvalue weighted by Crippen LogP contribution is -2.39. The van der Waals surface area contributed by atoms with Crippen LogP contribution in [0.2, 0.25) is 0 Å². The van der Waals surface area contributed by atoms with E-state index in [1.165, 1.54) is 12.8 Å². The van der Waals surface area contributed by atoms with Gasteiger partial charge in [0, 0.05) is 33.4 Å². The Labute approximate surface area is 191 Å². The molecule has 1 aromatic carbocycles. The molecule has 1 aromatic heterocycles. The average molecular weight is 511 g/mol. The molecule has 0 spiro atoms. The largest absolute Gasteiger partial charge is 0.382 e. The van der Waals surface area contributed by atoms with E-state index in [0.29, 0.717) is 12.0 Å². The number of aliphatic imine (C=N–C) groups is 1. The highest BCUT2D eigenvalue weighted by Crippen LogP contribution is 2.49. The van der Waals surface area contributed by atoms with Gasteiger partial charge in [-0.25, -0.2) is 4.98 Å². The SMILES string of the molecule is CCNC(=NCC1(CCOCC)CC1)N(C)Cc1ncc(-c2ccccc2)[nH]1.I. The van der Waals surface area contributed by atoms with Gasteiger partial charge >= 0.3 is 0 Å². The van der Waals surface area contributed by atoms with Crippen LogP contribution in [-0.2, 0) is 11.3 Å². The lowest BCUT2D eigenvalue weighted by atomic mass is 10.0. The number of imidazole rings is 1. The van der Waals surface area contributed by atoms with E-state index in [0.717, 1.165) is 55.8 Å². The van der Waals surface area contributed by atoms with Crippen LogP contribution in [0.3, 0.4) is 0 Å². The highest BCUT2D eigenvalue weighted by molar-refractivity contribution is 14.0. The van der Waals surface area contributed by atoms with Crippen molar-refractivity contribution in [2.24, 2.45) is 10.4 Å². The predicted molar refractivity (Wildman–Crippen MR) is 130 cm³/mol. The number of guanidine groups is 1. The van der Waals surface area contributed by atoms with Crippen LogP contribution in [0.15, 0.2) is 41.5 Å². The molecular formula is C22H34IN5O. The molecule has 1 fully saturated rings. The Morgan fingerprint density at radius 3 is 2.69 bits per heavy atom. The topological polar surface area (TPSA) is 65.5 Å². The first kappa shape index (κ1) is 23.7. The summed E-state index contributed by atoms with van der Waals surface area (Å²) >= 11 is 0. The molecule has 1 aliphatic rings. The van der Waals surface area contributed by atoms with Crippen LogP contribution < -0.4 is 5.32 Å². The van der Waals surface area contributed by atoms with Crippen LogP contribution >= 0.6 is 24.0 Å². The number of rotatable bonds is 10. The van der Waals surface area contributed by atoms with E-state index >= 15 is 0 Å². The van der Waals surface area contributed by atoms with Crippen molar-refractivity contribution in [3.8, 4) is 11.3 Å². The first-order chi connectivity index (χ1) is 13.7. The number of H-pyrrole nitrogens is 1. The van der Waals surface area contributed by atoms with Gasteiger partial charge in [0.1, 0.15) is 5.82 Å². The van der Waals surface area contributed by atoms with Gasteiger partial charge in [0.05, 0.1) is 18.4 Å². The molecule has 7 heteroatoms. The standard InChI is InChI=1S/C22H33N5O.HI/c1-4-23-21(25-17-22(11-12-22)13-14-28-5-2)27(3)16-20-24-15-19(26-20)18-9-7-6-8-10-18;/h6-10,15H,4-5,11-14,16-17H2,1-3H3,(H,23,25)(H,24,26);1H. The first-order valence-electron chi connectivity index (χ1n) is 10.3. The number of nitrogens with one attached hydrogen (secondary N) is 2. The third-order valence-electron chi connectivity index (χ3n) is 5.30. The van der Waals surface area contributed by atoms with Crippen molar-refractivity contribution in [2.75, 3.05) is 33.4 Å². The Morgan fingerprint density at radius 1 is 1.28 bits per heavy atom. The maximum atomic E-state index is 5.54. The molecule has 160 valence electrons. The fraction of sp³-hybridized carbons (Fsp3) is 0.545. The summed E-state index contributed by atoms with van der Waals surface area (Å²) in [5, 5.41) is 3.41. The molecule has 1 heterocycles. The summed E-state index contributed by atoms with van der Waals surface area (Å²) in [5.74, 6) is 1.87. The number of halogens is 1. The van der Waals surface area contributed by atoms with Crippen LogP contribution in [-0.4, -0.2) is 54.2 Å². The Balaban J connectivity index is 0.00000300. The van der Waals surface area contributed by atoms with Gasteiger partial charge in [-0.3, -0.25) is 4.99 Å². The van der Waals surface area contributed by atoms with Gasteiger partial charge in [-0.2, -0.15) is 0 Å². The van der Waals surface area contributed by atoms with E-state index in [9.17, 15) is 0 Å². The van der Waals surface area contributed by atoms with Crippen molar-refractivity contribution >= 4 is 29.9 Å². The summed E-state index contributed by atoms with van der Waals surface area (Å²) in [6.45, 7) is 8.18. The smallest absolute Gasteiger partial charge is 0.194 e. The maximum Gasteiger partial charge on any atom is 0.194 e. The molecule has 0 aliphatic heterocycles. The maximum absolute atomic E-state index is 5.54. The Bertz CT molecular complexity index is 758. The third kappa shape index (κ3) is 6.99. The van der Waals surface area contributed by atoms with Crippen molar-refractivity contribution in [1.29, 1.82) is 0 Å². The number of benzene rings is 1. The van der Waals surface area contributed by atoms with Crippen molar-refractivity contribution < 1.29 is 4.74 Å². The molecular weight excluding hydrogens is 477 g/mol. The molecule has 0 unspecified atom stereocenters. The zero-order valence-corrected chi connectivity index (χ0v) is 20.1. The molecule has 0 amide bonds. The lowest BCUT2D eigenvalue weighted by Gasteiger charge is -2.22. The molecule has 3 rings (SSSR count). The summed E-state index contributed by atoms with van der Waals surface area (Å²) in [7, 11) is 2.06. The summed E-state index contributed by atoms with van der Waals surface area (Å²) < 4.78 is 5.54. The summed E-state index contributed by atoms with van der Waals surface area (Å²) in [5.41, 5.74) is 2.54. The van der Waals surface area contributed by atoms with Crippen molar-refractivity contribution in [3.63, 3.8) is 0 Å². The molecule has 0 bridgehead atoms. The molecule has 1 aliphatic carbocycles. The van der Waals surface area contributed by atoms with Crippen LogP contribution in [0.4, 0.5) is 0 Å². The highest BCUT2D eigenvalue weighted by atomic mass is 127.